The van der Waals surface area contributed by atoms with Crippen molar-refractivity contribution in [1.82, 2.24) is 25.4 Å². The van der Waals surface area contributed by atoms with Gasteiger partial charge in [-0.15, -0.1) is 17.5 Å². The zero-order valence-corrected chi connectivity index (χ0v) is 15.0. The van der Waals surface area contributed by atoms with E-state index in [1.165, 1.54) is 0 Å². The minimum atomic E-state index is -0.234. The fourth-order valence-corrected chi connectivity index (χ4v) is 2.89. The summed E-state index contributed by atoms with van der Waals surface area (Å²) in [4.78, 5) is 16.8. The van der Waals surface area contributed by atoms with E-state index < -0.39 is 0 Å². The first-order chi connectivity index (χ1) is 11.2. The maximum atomic E-state index is 12.4. The van der Waals surface area contributed by atoms with Gasteiger partial charge in [0.2, 0.25) is 5.82 Å². The van der Waals surface area contributed by atoms with Crippen molar-refractivity contribution in [3.63, 3.8) is 0 Å². The van der Waals surface area contributed by atoms with Gasteiger partial charge in [0.15, 0.2) is 0 Å². The van der Waals surface area contributed by atoms with Crippen molar-refractivity contribution in [2.24, 2.45) is 0 Å². The van der Waals surface area contributed by atoms with E-state index in [0.29, 0.717) is 5.02 Å². The van der Waals surface area contributed by atoms with E-state index in [4.69, 9.17) is 11.6 Å². The second kappa shape index (κ2) is 8.46. The normalized spacial score (nSPS) is 16.7. The molecule has 130 valence electrons. The zero-order chi connectivity index (χ0) is 16.2. The Labute approximate surface area is 152 Å². The summed E-state index contributed by atoms with van der Waals surface area (Å²) < 4.78 is 1.67. The Morgan fingerprint density at radius 1 is 1.46 bits per heavy atom. The van der Waals surface area contributed by atoms with Gasteiger partial charge in [0.05, 0.1) is 10.7 Å². The molecule has 1 atom stereocenters. The van der Waals surface area contributed by atoms with Gasteiger partial charge in [0.1, 0.15) is 5.82 Å². The summed E-state index contributed by atoms with van der Waals surface area (Å²) >= 11 is 6.26. The molecule has 0 spiro atoms. The molecule has 24 heavy (non-hydrogen) atoms. The third-order valence-electron chi connectivity index (χ3n) is 3.83. The van der Waals surface area contributed by atoms with E-state index in [-0.39, 0.29) is 30.2 Å². The van der Waals surface area contributed by atoms with Crippen LogP contribution in [0.4, 0.5) is 0 Å². The Morgan fingerprint density at radius 3 is 2.92 bits per heavy atom. The van der Waals surface area contributed by atoms with Crippen molar-refractivity contribution in [2.45, 2.75) is 32.2 Å². The van der Waals surface area contributed by atoms with Gasteiger partial charge in [0.25, 0.3) is 5.91 Å². The largest absolute Gasteiger partial charge is 0.345 e. The molecule has 1 amide bonds. The lowest BCUT2D eigenvalue weighted by molar-refractivity contribution is 0.0929. The molecule has 0 saturated carbocycles. The fraction of sp³-hybridized carbons (Fsp3) is 0.438. The van der Waals surface area contributed by atoms with Crippen molar-refractivity contribution >= 4 is 29.9 Å². The molecule has 1 aliphatic heterocycles. The Balaban J connectivity index is 0.00000208. The molecule has 1 fully saturated rings. The SMILES string of the molecule is CCCc1nc(C(=O)NC2CCNC2)nn1-c1ccccc1Cl.Cl. The van der Waals surface area contributed by atoms with E-state index in [9.17, 15) is 4.79 Å². The second-order valence-corrected chi connectivity index (χ2v) is 6.04. The molecule has 3 rings (SSSR count). The number of nitrogens with one attached hydrogen (secondary N) is 2. The predicted octanol–water partition coefficient (Wildman–Crippen LogP) is 2.39. The highest BCUT2D eigenvalue weighted by Gasteiger charge is 2.22. The first-order valence-corrected chi connectivity index (χ1v) is 8.29. The van der Waals surface area contributed by atoms with Crippen molar-refractivity contribution in [3.05, 3.63) is 40.9 Å². The van der Waals surface area contributed by atoms with Crippen LogP contribution >= 0.6 is 24.0 Å². The zero-order valence-electron chi connectivity index (χ0n) is 13.5. The lowest BCUT2D eigenvalue weighted by Gasteiger charge is -2.08. The summed E-state index contributed by atoms with van der Waals surface area (Å²) in [6.45, 7) is 3.78. The van der Waals surface area contributed by atoms with E-state index in [1.807, 2.05) is 18.2 Å². The number of hydrogen-bond donors (Lipinski definition) is 2. The van der Waals surface area contributed by atoms with Crippen LogP contribution in [0.25, 0.3) is 5.69 Å². The van der Waals surface area contributed by atoms with Gasteiger partial charge in [-0.25, -0.2) is 9.67 Å². The molecule has 2 N–H and O–H groups in total. The maximum absolute atomic E-state index is 12.4. The molecule has 2 aromatic rings. The molecule has 6 nitrogen and oxygen atoms in total. The summed E-state index contributed by atoms with van der Waals surface area (Å²) in [6, 6.07) is 7.58. The number of benzene rings is 1. The van der Waals surface area contributed by atoms with Crippen molar-refractivity contribution in [1.29, 1.82) is 0 Å². The molecule has 1 saturated heterocycles. The van der Waals surface area contributed by atoms with E-state index in [1.54, 1.807) is 10.7 Å². The summed E-state index contributed by atoms with van der Waals surface area (Å²) in [5.41, 5.74) is 0.742. The topological polar surface area (TPSA) is 71.8 Å². The predicted molar refractivity (Wildman–Crippen MR) is 96.4 cm³/mol. The highest BCUT2D eigenvalue weighted by molar-refractivity contribution is 6.32. The van der Waals surface area contributed by atoms with Gasteiger partial charge >= 0.3 is 0 Å². The van der Waals surface area contributed by atoms with Crippen LogP contribution in [0.2, 0.25) is 5.02 Å². The highest BCUT2D eigenvalue weighted by atomic mass is 35.5. The van der Waals surface area contributed by atoms with Gasteiger partial charge in [0, 0.05) is 19.0 Å². The van der Waals surface area contributed by atoms with Crippen LogP contribution in [0.3, 0.4) is 0 Å². The summed E-state index contributed by atoms with van der Waals surface area (Å²) in [5, 5.41) is 11.2. The molecule has 1 aromatic carbocycles. The van der Waals surface area contributed by atoms with Crippen molar-refractivity contribution < 1.29 is 4.79 Å². The molecule has 0 aliphatic carbocycles. The average Bonchev–Trinajstić information content (AvgIpc) is 3.18. The monoisotopic (exact) mass is 369 g/mol. The van der Waals surface area contributed by atoms with Crippen LogP contribution in [0, 0.1) is 0 Å². The van der Waals surface area contributed by atoms with Gasteiger partial charge in [-0.1, -0.05) is 30.7 Å². The molecular formula is C16H21Cl2N5O. The summed E-state index contributed by atoms with van der Waals surface area (Å²) in [5.74, 6) is 0.706. The molecule has 0 radical (unpaired) electrons. The minimum absolute atomic E-state index is 0. The molecule has 8 heteroatoms. The number of halogens is 2. The third kappa shape index (κ3) is 4.06. The quantitative estimate of drug-likeness (QED) is 0.848. The Bertz CT molecular complexity index is 698. The number of carbonyl (C=O) groups excluding carboxylic acids is 1. The lowest BCUT2D eigenvalue weighted by Crippen LogP contribution is -2.36. The van der Waals surface area contributed by atoms with Crippen LogP contribution in [0.15, 0.2) is 24.3 Å². The van der Waals surface area contributed by atoms with Gasteiger partial charge < -0.3 is 10.6 Å². The van der Waals surface area contributed by atoms with Gasteiger partial charge in [-0.05, 0) is 31.5 Å². The number of aromatic nitrogens is 3. The molecule has 1 unspecified atom stereocenters. The van der Waals surface area contributed by atoms with Crippen LogP contribution in [-0.2, 0) is 6.42 Å². The van der Waals surface area contributed by atoms with Crippen LogP contribution in [-0.4, -0.2) is 39.8 Å². The molecular weight excluding hydrogens is 349 g/mol. The smallest absolute Gasteiger partial charge is 0.291 e. The van der Waals surface area contributed by atoms with Crippen molar-refractivity contribution in [2.75, 3.05) is 13.1 Å². The first-order valence-electron chi connectivity index (χ1n) is 7.91. The molecule has 1 aromatic heterocycles. The first kappa shape index (κ1) is 18.7. The fourth-order valence-electron chi connectivity index (χ4n) is 2.67. The van der Waals surface area contributed by atoms with Crippen LogP contribution < -0.4 is 10.6 Å². The lowest BCUT2D eigenvalue weighted by atomic mass is 10.2. The number of nitrogens with zero attached hydrogens (tertiary/aromatic N) is 3. The number of carbonyl (C=O) groups is 1. The number of hydrogen-bond acceptors (Lipinski definition) is 4. The minimum Gasteiger partial charge on any atom is -0.345 e. The number of rotatable bonds is 5. The molecule has 1 aliphatic rings. The van der Waals surface area contributed by atoms with Crippen LogP contribution in [0.1, 0.15) is 36.2 Å². The van der Waals surface area contributed by atoms with Crippen molar-refractivity contribution in [3.8, 4) is 5.69 Å². The number of amides is 1. The van der Waals surface area contributed by atoms with E-state index in [2.05, 4.69) is 27.6 Å². The summed E-state index contributed by atoms with van der Waals surface area (Å²) in [6.07, 6.45) is 2.58. The van der Waals surface area contributed by atoms with Gasteiger partial charge in [-0.3, -0.25) is 4.79 Å². The average molecular weight is 370 g/mol. The Morgan fingerprint density at radius 2 is 2.25 bits per heavy atom. The van der Waals surface area contributed by atoms with E-state index >= 15 is 0 Å². The summed E-state index contributed by atoms with van der Waals surface area (Å²) in [7, 11) is 0. The molecule has 2 heterocycles. The highest BCUT2D eigenvalue weighted by Crippen LogP contribution is 2.21. The van der Waals surface area contributed by atoms with Crippen LogP contribution in [0.5, 0.6) is 0 Å². The standard InChI is InChI=1S/C16H20ClN5O.ClH/c1-2-5-14-20-15(16(23)19-11-8-9-18-10-11)21-22(14)13-7-4-3-6-12(13)17;/h3-4,6-7,11,18H,2,5,8-10H2,1H3,(H,19,23);1H. The van der Waals surface area contributed by atoms with E-state index in [0.717, 1.165) is 43.9 Å². The third-order valence-corrected chi connectivity index (χ3v) is 4.15. The Hall–Kier alpha value is -1.63. The maximum Gasteiger partial charge on any atom is 0.291 e. The second-order valence-electron chi connectivity index (χ2n) is 5.63. The van der Waals surface area contributed by atoms with Gasteiger partial charge in [-0.2, -0.15) is 0 Å². The Kier molecular flexibility index (Phi) is 6.60. The number of para-hydroxylation sites is 1. The molecule has 0 bridgehead atoms. The number of aryl methyl sites for hydroxylation is 1.